The number of hydrogen-bond acceptors (Lipinski definition) is 3. The van der Waals surface area contributed by atoms with Gasteiger partial charge in [0.15, 0.2) is 0 Å². The molecule has 0 aliphatic carbocycles. The molecule has 0 aliphatic rings. The van der Waals surface area contributed by atoms with Crippen molar-refractivity contribution in [3.63, 3.8) is 0 Å². The molecule has 5 nitrogen and oxygen atoms in total. The third-order valence-corrected chi connectivity index (χ3v) is 6.24. The molecule has 158 valence electrons. The first-order chi connectivity index (χ1) is 13.4. The summed E-state index contributed by atoms with van der Waals surface area (Å²) >= 11 is 0. The zero-order valence-electron chi connectivity index (χ0n) is 16.2. The van der Waals surface area contributed by atoms with Crippen LogP contribution in [0.15, 0.2) is 48.5 Å². The Morgan fingerprint density at radius 2 is 1.59 bits per heavy atom. The van der Waals surface area contributed by atoms with Crippen molar-refractivity contribution in [2.24, 2.45) is 0 Å². The maximum Gasteiger partial charge on any atom is 0.417 e. The van der Waals surface area contributed by atoms with Crippen LogP contribution in [0.5, 0.6) is 0 Å². The minimum absolute atomic E-state index is 0.126. The van der Waals surface area contributed by atoms with E-state index in [0.717, 1.165) is 17.7 Å². The summed E-state index contributed by atoms with van der Waals surface area (Å²) < 4.78 is 65.4. The number of carbonyl (C=O) groups is 1. The predicted molar refractivity (Wildman–Crippen MR) is 106 cm³/mol. The smallest absolute Gasteiger partial charge is 0.322 e. The van der Waals surface area contributed by atoms with Gasteiger partial charge in [0.1, 0.15) is 0 Å². The maximum absolute atomic E-state index is 13.1. The third-order valence-electron chi connectivity index (χ3n) is 4.43. The molecule has 9 heteroatoms. The van der Waals surface area contributed by atoms with E-state index in [1.54, 1.807) is 38.1 Å². The molecule has 29 heavy (non-hydrogen) atoms. The highest BCUT2D eigenvalue weighted by molar-refractivity contribution is 7.90. The molecule has 2 aromatic rings. The van der Waals surface area contributed by atoms with Crippen LogP contribution in [0.2, 0.25) is 0 Å². The van der Waals surface area contributed by atoms with E-state index >= 15 is 0 Å². The Kier molecular flexibility index (Phi) is 7.07. The predicted octanol–water partition coefficient (Wildman–Crippen LogP) is 4.39. The number of benzene rings is 2. The lowest BCUT2D eigenvalue weighted by molar-refractivity contribution is -0.137. The SMILES string of the molecule is CC(CNS(=O)(=O)C(C)C)c1ccc(NC(=O)c2ccccc2C(F)(F)F)cc1. The lowest BCUT2D eigenvalue weighted by atomic mass is 10.0. The summed E-state index contributed by atoms with van der Waals surface area (Å²) in [5.41, 5.74) is -0.295. The zero-order valence-corrected chi connectivity index (χ0v) is 17.1. The van der Waals surface area contributed by atoms with E-state index in [-0.39, 0.29) is 12.5 Å². The van der Waals surface area contributed by atoms with Gasteiger partial charge in [0, 0.05) is 12.2 Å². The van der Waals surface area contributed by atoms with Crippen LogP contribution in [0.4, 0.5) is 18.9 Å². The summed E-state index contributed by atoms with van der Waals surface area (Å²) in [7, 11) is -3.37. The number of alkyl halides is 3. The van der Waals surface area contributed by atoms with E-state index in [2.05, 4.69) is 10.0 Å². The minimum atomic E-state index is -4.63. The molecule has 0 radical (unpaired) electrons. The molecule has 0 bridgehead atoms. The van der Waals surface area contributed by atoms with E-state index in [0.29, 0.717) is 5.69 Å². The molecule has 0 saturated carbocycles. The summed E-state index contributed by atoms with van der Waals surface area (Å²) in [5.74, 6) is -0.984. The van der Waals surface area contributed by atoms with Gasteiger partial charge in [-0.3, -0.25) is 4.79 Å². The van der Waals surface area contributed by atoms with Gasteiger partial charge in [-0.1, -0.05) is 31.2 Å². The standard InChI is InChI=1S/C20H23F3N2O3S/c1-13(2)29(27,28)24-12-14(3)15-8-10-16(11-9-15)25-19(26)17-6-4-5-7-18(17)20(21,22)23/h4-11,13-14,24H,12H2,1-3H3,(H,25,26). The summed E-state index contributed by atoms with van der Waals surface area (Å²) in [6.07, 6.45) is -4.63. The highest BCUT2D eigenvalue weighted by Crippen LogP contribution is 2.32. The van der Waals surface area contributed by atoms with Gasteiger partial charge in [-0.05, 0) is 49.6 Å². The van der Waals surface area contributed by atoms with Gasteiger partial charge in [-0.25, -0.2) is 13.1 Å². The summed E-state index contributed by atoms with van der Waals surface area (Å²) in [5, 5.41) is 1.92. The van der Waals surface area contributed by atoms with Crippen molar-refractivity contribution in [1.29, 1.82) is 0 Å². The van der Waals surface area contributed by atoms with Gasteiger partial charge >= 0.3 is 6.18 Å². The molecule has 0 saturated heterocycles. The van der Waals surface area contributed by atoms with Crippen molar-refractivity contribution in [3.05, 3.63) is 65.2 Å². The van der Waals surface area contributed by atoms with E-state index in [1.165, 1.54) is 12.1 Å². The van der Waals surface area contributed by atoms with Crippen molar-refractivity contribution in [2.45, 2.75) is 38.1 Å². The van der Waals surface area contributed by atoms with Crippen LogP contribution in [0.1, 0.15) is 48.2 Å². The molecule has 2 N–H and O–H groups in total. The van der Waals surface area contributed by atoms with E-state index in [1.807, 2.05) is 6.92 Å². The fraction of sp³-hybridized carbons (Fsp3) is 0.350. The Labute approximate surface area is 168 Å². The molecule has 0 aliphatic heterocycles. The summed E-state index contributed by atoms with van der Waals surface area (Å²) in [6.45, 7) is 5.23. The van der Waals surface area contributed by atoms with Crippen LogP contribution in [-0.2, 0) is 16.2 Å². The topological polar surface area (TPSA) is 75.3 Å². The normalized spacial score (nSPS) is 13.3. The highest BCUT2D eigenvalue weighted by Gasteiger charge is 2.34. The van der Waals surface area contributed by atoms with Gasteiger partial charge in [-0.2, -0.15) is 13.2 Å². The van der Waals surface area contributed by atoms with Crippen molar-refractivity contribution in [2.75, 3.05) is 11.9 Å². The lowest BCUT2D eigenvalue weighted by Crippen LogP contribution is -2.33. The van der Waals surface area contributed by atoms with Crippen molar-refractivity contribution in [1.82, 2.24) is 4.72 Å². The largest absolute Gasteiger partial charge is 0.417 e. The number of halogens is 3. The fourth-order valence-corrected chi connectivity index (χ4v) is 3.36. The van der Waals surface area contributed by atoms with E-state index in [9.17, 15) is 26.4 Å². The quantitative estimate of drug-likeness (QED) is 0.687. The van der Waals surface area contributed by atoms with Crippen molar-refractivity contribution >= 4 is 21.6 Å². The number of anilines is 1. The van der Waals surface area contributed by atoms with Gasteiger partial charge < -0.3 is 5.32 Å². The average molecular weight is 428 g/mol. The van der Waals surface area contributed by atoms with Gasteiger partial charge in [0.25, 0.3) is 5.91 Å². The van der Waals surface area contributed by atoms with Crippen LogP contribution >= 0.6 is 0 Å². The Hall–Kier alpha value is -2.39. The first-order valence-corrected chi connectivity index (χ1v) is 10.5. The van der Waals surface area contributed by atoms with Crippen LogP contribution in [-0.4, -0.2) is 26.1 Å². The van der Waals surface area contributed by atoms with E-state index in [4.69, 9.17) is 0 Å². The molecule has 1 unspecified atom stereocenters. The van der Waals surface area contributed by atoms with Gasteiger partial charge in [-0.15, -0.1) is 0 Å². The Morgan fingerprint density at radius 1 is 1.00 bits per heavy atom. The fourth-order valence-electron chi connectivity index (χ4n) is 2.55. The molecular weight excluding hydrogens is 405 g/mol. The average Bonchev–Trinajstić information content (AvgIpc) is 2.66. The van der Waals surface area contributed by atoms with Crippen LogP contribution in [0.25, 0.3) is 0 Å². The maximum atomic E-state index is 13.1. The highest BCUT2D eigenvalue weighted by atomic mass is 32.2. The second-order valence-electron chi connectivity index (χ2n) is 6.96. The molecule has 1 amide bonds. The van der Waals surface area contributed by atoms with Gasteiger partial charge in [0.05, 0.1) is 16.4 Å². The minimum Gasteiger partial charge on any atom is -0.322 e. The lowest BCUT2D eigenvalue weighted by Gasteiger charge is -2.16. The van der Waals surface area contributed by atoms with E-state index < -0.39 is 38.5 Å². The Morgan fingerprint density at radius 3 is 2.14 bits per heavy atom. The molecule has 1 atom stereocenters. The third kappa shape index (κ3) is 6.04. The Bertz CT molecular complexity index is 956. The van der Waals surface area contributed by atoms with Crippen LogP contribution < -0.4 is 10.0 Å². The molecule has 2 rings (SSSR count). The first kappa shape index (κ1) is 22.9. The second-order valence-corrected chi connectivity index (χ2v) is 9.28. The Balaban J connectivity index is 2.07. The van der Waals surface area contributed by atoms with Crippen molar-refractivity contribution < 1.29 is 26.4 Å². The van der Waals surface area contributed by atoms with Crippen molar-refractivity contribution in [3.8, 4) is 0 Å². The second kappa shape index (κ2) is 8.96. The number of hydrogen-bond donors (Lipinski definition) is 2. The first-order valence-electron chi connectivity index (χ1n) is 8.98. The zero-order chi connectivity index (χ0) is 21.8. The number of rotatable bonds is 7. The number of sulfonamides is 1. The monoisotopic (exact) mass is 428 g/mol. The molecule has 0 aromatic heterocycles. The number of nitrogens with one attached hydrogen (secondary N) is 2. The number of carbonyl (C=O) groups excluding carboxylic acids is 1. The summed E-state index contributed by atoms with van der Waals surface area (Å²) in [4.78, 5) is 12.3. The summed E-state index contributed by atoms with van der Waals surface area (Å²) in [6, 6.07) is 11.1. The molecule has 2 aromatic carbocycles. The molecule has 0 fully saturated rings. The molecular formula is C20H23F3N2O3S. The molecule has 0 spiro atoms. The van der Waals surface area contributed by atoms with Crippen LogP contribution in [0.3, 0.4) is 0 Å². The van der Waals surface area contributed by atoms with Gasteiger partial charge in [0.2, 0.25) is 10.0 Å². The number of amides is 1. The molecule has 0 heterocycles. The van der Waals surface area contributed by atoms with Crippen LogP contribution in [0, 0.1) is 0 Å².